The van der Waals surface area contributed by atoms with E-state index in [1.165, 1.54) is 38.4 Å². The fourth-order valence-corrected chi connectivity index (χ4v) is 8.14. The summed E-state index contributed by atoms with van der Waals surface area (Å²) in [5.41, 5.74) is 11.9. The van der Waals surface area contributed by atoms with Crippen LogP contribution in [0.5, 0.6) is 0 Å². The molecular formula is C49H31N3O. The molecule has 0 atom stereocenters. The van der Waals surface area contributed by atoms with Gasteiger partial charge in [-0.15, -0.1) is 0 Å². The van der Waals surface area contributed by atoms with E-state index in [4.69, 9.17) is 19.4 Å². The van der Waals surface area contributed by atoms with E-state index in [1.54, 1.807) is 0 Å². The van der Waals surface area contributed by atoms with Crippen LogP contribution in [-0.2, 0) is 12.8 Å². The van der Waals surface area contributed by atoms with Crippen LogP contribution in [0.15, 0.2) is 168 Å². The van der Waals surface area contributed by atoms with Crippen molar-refractivity contribution in [3.8, 4) is 56.4 Å². The van der Waals surface area contributed by atoms with Crippen LogP contribution in [0.4, 0.5) is 0 Å². The Kier molecular flexibility index (Phi) is 6.65. The average Bonchev–Trinajstić information content (AvgIpc) is 3.62. The number of aryl methyl sites for hydroxylation is 2. The van der Waals surface area contributed by atoms with Gasteiger partial charge in [-0.2, -0.15) is 0 Å². The molecule has 2 aromatic heterocycles. The number of hydrogen-bond donors (Lipinski definition) is 0. The van der Waals surface area contributed by atoms with Gasteiger partial charge >= 0.3 is 0 Å². The third-order valence-corrected chi connectivity index (χ3v) is 10.8. The molecule has 0 saturated carbocycles. The predicted octanol–water partition coefficient (Wildman–Crippen LogP) is 12.5. The maximum atomic E-state index is 6.71. The maximum Gasteiger partial charge on any atom is 0.164 e. The first-order chi connectivity index (χ1) is 26.2. The van der Waals surface area contributed by atoms with E-state index in [2.05, 4.69) is 152 Å². The molecule has 4 nitrogen and oxygen atoms in total. The molecule has 0 fully saturated rings. The second kappa shape index (κ2) is 11.8. The Morgan fingerprint density at radius 1 is 0.377 bits per heavy atom. The van der Waals surface area contributed by atoms with Crippen molar-refractivity contribution >= 4 is 43.5 Å². The summed E-state index contributed by atoms with van der Waals surface area (Å²) in [4.78, 5) is 15.7. The Labute approximate surface area is 306 Å². The van der Waals surface area contributed by atoms with Crippen LogP contribution in [0, 0.1) is 0 Å². The van der Waals surface area contributed by atoms with Gasteiger partial charge in [0.2, 0.25) is 0 Å². The molecule has 0 aliphatic heterocycles. The molecule has 0 bridgehead atoms. The molecule has 248 valence electrons. The van der Waals surface area contributed by atoms with Gasteiger partial charge in [-0.05, 0) is 98.6 Å². The lowest BCUT2D eigenvalue weighted by atomic mass is 9.85. The van der Waals surface area contributed by atoms with Gasteiger partial charge in [0.05, 0.1) is 0 Å². The minimum atomic E-state index is 0.609. The highest BCUT2D eigenvalue weighted by Crippen LogP contribution is 2.43. The number of rotatable bonds is 4. The fraction of sp³-hybridized carbons (Fsp3) is 0.0408. The SMILES string of the molecule is c1ccc2c(c1)CCc1ccc(-c3nc(-c4ccc5ccccc5c4)nc(-c4ccc(-c5ccc6ccccc6c5)c5oc6ccccc6c45)n3)cc1-2. The smallest absolute Gasteiger partial charge is 0.164 e. The second-order valence-corrected chi connectivity index (χ2v) is 13.9. The molecule has 0 amide bonds. The third-order valence-electron chi connectivity index (χ3n) is 10.8. The van der Waals surface area contributed by atoms with E-state index < -0.39 is 0 Å². The van der Waals surface area contributed by atoms with Gasteiger partial charge in [-0.3, -0.25) is 0 Å². The number of nitrogens with zero attached hydrogens (tertiary/aromatic N) is 3. The molecular weight excluding hydrogens is 647 g/mol. The van der Waals surface area contributed by atoms with Crippen molar-refractivity contribution in [1.82, 2.24) is 15.0 Å². The van der Waals surface area contributed by atoms with Crippen LogP contribution in [-0.4, -0.2) is 15.0 Å². The van der Waals surface area contributed by atoms with Gasteiger partial charge in [-0.1, -0.05) is 127 Å². The lowest BCUT2D eigenvalue weighted by Gasteiger charge is -2.20. The zero-order valence-electron chi connectivity index (χ0n) is 28.8. The molecule has 53 heavy (non-hydrogen) atoms. The molecule has 0 spiro atoms. The zero-order chi connectivity index (χ0) is 34.9. The minimum Gasteiger partial charge on any atom is -0.455 e. The van der Waals surface area contributed by atoms with Crippen LogP contribution < -0.4 is 0 Å². The van der Waals surface area contributed by atoms with Gasteiger partial charge in [-0.25, -0.2) is 15.0 Å². The summed E-state index contributed by atoms with van der Waals surface area (Å²) in [5.74, 6) is 1.88. The Morgan fingerprint density at radius 2 is 0.943 bits per heavy atom. The van der Waals surface area contributed by atoms with Gasteiger partial charge in [0, 0.05) is 33.0 Å². The third kappa shape index (κ3) is 4.95. The van der Waals surface area contributed by atoms with Crippen LogP contribution >= 0.6 is 0 Å². The normalized spacial score (nSPS) is 12.4. The lowest BCUT2D eigenvalue weighted by molar-refractivity contribution is 0.670. The summed E-state index contributed by atoms with van der Waals surface area (Å²) in [5, 5.41) is 6.73. The second-order valence-electron chi connectivity index (χ2n) is 13.9. The van der Waals surface area contributed by atoms with Gasteiger partial charge in [0.1, 0.15) is 11.2 Å². The molecule has 0 saturated heterocycles. The summed E-state index contributed by atoms with van der Waals surface area (Å²) >= 11 is 0. The monoisotopic (exact) mass is 677 g/mol. The summed E-state index contributed by atoms with van der Waals surface area (Å²) in [7, 11) is 0. The number of hydrogen-bond acceptors (Lipinski definition) is 4. The molecule has 0 unspecified atom stereocenters. The van der Waals surface area contributed by atoms with E-state index in [9.17, 15) is 0 Å². The number of furan rings is 1. The van der Waals surface area contributed by atoms with E-state index in [-0.39, 0.29) is 0 Å². The molecule has 1 aliphatic rings. The largest absolute Gasteiger partial charge is 0.455 e. The van der Waals surface area contributed by atoms with Gasteiger partial charge in [0.25, 0.3) is 0 Å². The average molecular weight is 678 g/mol. The van der Waals surface area contributed by atoms with E-state index in [0.29, 0.717) is 17.5 Å². The molecule has 10 aromatic rings. The maximum absolute atomic E-state index is 6.71. The molecule has 2 heterocycles. The number of benzene rings is 8. The Hall–Kier alpha value is -6.91. The minimum absolute atomic E-state index is 0.609. The van der Waals surface area contributed by atoms with Crippen LogP contribution in [0.3, 0.4) is 0 Å². The Morgan fingerprint density at radius 3 is 1.74 bits per heavy atom. The Bertz CT molecular complexity index is 3080. The molecule has 4 heteroatoms. The van der Waals surface area contributed by atoms with E-state index >= 15 is 0 Å². The summed E-state index contributed by atoms with van der Waals surface area (Å²) in [6, 6.07) is 57.9. The first kappa shape index (κ1) is 29.8. The standard InChI is InChI=1S/C49H31N3O/c1-3-12-34-27-36(22-17-30(34)9-1)40-25-26-42(45-41-15-7-8-16-44(41)53-46(40)45)49-51-47(37-23-18-31-10-2-4-13-35(31)28-37)50-48(52-49)38-24-21-33-20-19-32-11-5-6-14-39(32)43(33)29-38/h1-18,21-29H,19-20H2. The first-order valence-electron chi connectivity index (χ1n) is 18.1. The summed E-state index contributed by atoms with van der Waals surface area (Å²) < 4.78 is 6.71. The van der Waals surface area contributed by atoms with Crippen molar-refractivity contribution in [2.75, 3.05) is 0 Å². The topological polar surface area (TPSA) is 51.8 Å². The molecule has 1 aliphatic carbocycles. The molecule has 0 radical (unpaired) electrons. The first-order valence-corrected chi connectivity index (χ1v) is 18.1. The van der Waals surface area contributed by atoms with Gasteiger partial charge < -0.3 is 4.42 Å². The highest BCUT2D eigenvalue weighted by atomic mass is 16.3. The van der Waals surface area contributed by atoms with E-state index in [1.807, 2.05) is 12.1 Å². The quantitative estimate of drug-likeness (QED) is 0.186. The Balaban J connectivity index is 1.16. The van der Waals surface area contributed by atoms with Crippen LogP contribution in [0.1, 0.15) is 11.1 Å². The van der Waals surface area contributed by atoms with Crippen molar-refractivity contribution in [2.24, 2.45) is 0 Å². The highest BCUT2D eigenvalue weighted by molar-refractivity contribution is 6.16. The lowest BCUT2D eigenvalue weighted by Crippen LogP contribution is -2.05. The van der Waals surface area contributed by atoms with Crippen molar-refractivity contribution in [2.45, 2.75) is 12.8 Å². The fourth-order valence-electron chi connectivity index (χ4n) is 8.14. The van der Waals surface area contributed by atoms with Crippen molar-refractivity contribution < 1.29 is 4.42 Å². The number of aromatic nitrogens is 3. The van der Waals surface area contributed by atoms with Crippen molar-refractivity contribution in [3.05, 3.63) is 175 Å². The van der Waals surface area contributed by atoms with Crippen LogP contribution in [0.25, 0.3) is 99.9 Å². The molecule has 0 N–H and O–H groups in total. The molecule has 11 rings (SSSR count). The summed E-state index contributed by atoms with van der Waals surface area (Å²) in [6.07, 6.45) is 2.07. The van der Waals surface area contributed by atoms with E-state index in [0.717, 1.165) is 68.0 Å². The highest BCUT2D eigenvalue weighted by Gasteiger charge is 2.22. The predicted molar refractivity (Wildman–Crippen MR) is 217 cm³/mol. The zero-order valence-corrected chi connectivity index (χ0v) is 28.8. The molecule has 8 aromatic carbocycles. The summed E-state index contributed by atoms with van der Waals surface area (Å²) in [6.45, 7) is 0. The van der Waals surface area contributed by atoms with Crippen molar-refractivity contribution in [3.63, 3.8) is 0 Å². The van der Waals surface area contributed by atoms with Gasteiger partial charge in [0.15, 0.2) is 17.5 Å². The number of fused-ring (bicyclic) bond motifs is 8. The number of para-hydroxylation sites is 1. The van der Waals surface area contributed by atoms with Crippen LogP contribution in [0.2, 0.25) is 0 Å². The van der Waals surface area contributed by atoms with Crippen molar-refractivity contribution in [1.29, 1.82) is 0 Å².